The summed E-state index contributed by atoms with van der Waals surface area (Å²) >= 11 is 0. The largest absolute Gasteiger partial charge is 0.456 e. The highest BCUT2D eigenvalue weighted by Gasteiger charge is 2.18. The van der Waals surface area contributed by atoms with Crippen LogP contribution < -0.4 is 9.46 Å². The zero-order valence-corrected chi connectivity index (χ0v) is 17.5. The molecule has 0 aliphatic heterocycles. The number of hydrogen-bond acceptors (Lipinski definition) is 5. The van der Waals surface area contributed by atoms with Crippen molar-refractivity contribution in [3.05, 3.63) is 89.6 Å². The second kappa shape index (κ2) is 8.24. The monoisotopic (exact) mass is 451 g/mol. The summed E-state index contributed by atoms with van der Waals surface area (Å²) in [6, 6.07) is 16.5. The van der Waals surface area contributed by atoms with E-state index in [9.17, 15) is 17.2 Å². The number of pyridine rings is 1. The first-order valence-corrected chi connectivity index (χ1v) is 10.8. The number of ether oxygens (including phenoxy) is 1. The van der Waals surface area contributed by atoms with Crippen molar-refractivity contribution in [1.82, 2.24) is 4.98 Å². The van der Waals surface area contributed by atoms with E-state index in [1.807, 2.05) is 6.07 Å². The van der Waals surface area contributed by atoms with Crippen LogP contribution in [0.3, 0.4) is 0 Å². The highest BCUT2D eigenvalue weighted by molar-refractivity contribution is 7.92. The molecule has 3 aromatic carbocycles. The normalized spacial score (nSPS) is 11.2. The van der Waals surface area contributed by atoms with Gasteiger partial charge in [-0.25, -0.2) is 17.2 Å². The van der Waals surface area contributed by atoms with Gasteiger partial charge in [-0.2, -0.15) is 5.26 Å². The zero-order valence-electron chi connectivity index (χ0n) is 16.6. The zero-order chi connectivity index (χ0) is 22.9. The molecule has 0 atom stereocenters. The molecule has 160 valence electrons. The standard InChI is InChI=1S/C23H15F2N3O3S/c1-14-9-23(19-11-16(24)5-7-21(19)27-14)31-17-6-8-22(20(25)12-17)28-32(29,30)18-4-2-3-15(10-18)13-26/h2-12,28H,1H3. The van der Waals surface area contributed by atoms with Gasteiger partial charge in [0.05, 0.1) is 27.7 Å². The van der Waals surface area contributed by atoms with Crippen LogP contribution in [0, 0.1) is 29.9 Å². The van der Waals surface area contributed by atoms with Crippen molar-refractivity contribution in [1.29, 1.82) is 5.26 Å². The van der Waals surface area contributed by atoms with Gasteiger partial charge < -0.3 is 4.74 Å². The van der Waals surface area contributed by atoms with Gasteiger partial charge in [-0.15, -0.1) is 0 Å². The van der Waals surface area contributed by atoms with E-state index in [1.165, 1.54) is 54.6 Å². The highest BCUT2D eigenvalue weighted by Crippen LogP contribution is 2.32. The van der Waals surface area contributed by atoms with Crippen LogP contribution in [-0.2, 0) is 10.0 Å². The lowest BCUT2D eigenvalue weighted by atomic mass is 10.2. The van der Waals surface area contributed by atoms with Crippen molar-refractivity contribution in [2.24, 2.45) is 0 Å². The fourth-order valence-electron chi connectivity index (χ4n) is 3.08. The van der Waals surface area contributed by atoms with Gasteiger partial charge in [0.25, 0.3) is 10.0 Å². The van der Waals surface area contributed by atoms with Crippen molar-refractivity contribution < 1.29 is 21.9 Å². The number of rotatable bonds is 5. The van der Waals surface area contributed by atoms with Crippen LogP contribution in [0.5, 0.6) is 11.5 Å². The lowest BCUT2D eigenvalue weighted by Crippen LogP contribution is -2.14. The molecular formula is C23H15F2N3O3S. The van der Waals surface area contributed by atoms with Crippen molar-refractivity contribution in [2.45, 2.75) is 11.8 Å². The molecule has 0 amide bonds. The van der Waals surface area contributed by atoms with Crippen LogP contribution in [0.25, 0.3) is 10.9 Å². The first kappa shape index (κ1) is 21.2. The molecule has 0 bridgehead atoms. The number of sulfonamides is 1. The Kier molecular flexibility index (Phi) is 5.47. The highest BCUT2D eigenvalue weighted by atomic mass is 32.2. The Balaban J connectivity index is 1.63. The Morgan fingerprint density at radius 3 is 2.59 bits per heavy atom. The molecule has 32 heavy (non-hydrogen) atoms. The number of aromatic nitrogens is 1. The maximum absolute atomic E-state index is 14.7. The summed E-state index contributed by atoms with van der Waals surface area (Å²) in [6.07, 6.45) is 0. The Morgan fingerprint density at radius 1 is 1.03 bits per heavy atom. The minimum Gasteiger partial charge on any atom is -0.456 e. The topological polar surface area (TPSA) is 92.1 Å². The number of nitriles is 1. The van der Waals surface area contributed by atoms with Gasteiger partial charge in [0.2, 0.25) is 0 Å². The van der Waals surface area contributed by atoms with Crippen molar-refractivity contribution in [3.8, 4) is 17.6 Å². The molecule has 1 aromatic heterocycles. The van der Waals surface area contributed by atoms with Crippen molar-refractivity contribution >= 4 is 26.6 Å². The van der Waals surface area contributed by atoms with Gasteiger partial charge in [0, 0.05) is 23.2 Å². The van der Waals surface area contributed by atoms with Gasteiger partial charge in [-0.3, -0.25) is 9.71 Å². The molecule has 4 aromatic rings. The molecule has 0 radical (unpaired) electrons. The third-order valence-electron chi connectivity index (χ3n) is 4.55. The Hall–Kier alpha value is -4.03. The van der Waals surface area contributed by atoms with Gasteiger partial charge in [-0.05, 0) is 55.5 Å². The van der Waals surface area contributed by atoms with Crippen LogP contribution in [0.1, 0.15) is 11.3 Å². The second-order valence-electron chi connectivity index (χ2n) is 6.91. The summed E-state index contributed by atoms with van der Waals surface area (Å²) in [4.78, 5) is 4.15. The first-order chi connectivity index (χ1) is 15.2. The first-order valence-electron chi connectivity index (χ1n) is 9.32. The predicted octanol–water partition coefficient (Wildman–Crippen LogP) is 5.29. The van der Waals surface area contributed by atoms with E-state index >= 15 is 0 Å². The van der Waals surface area contributed by atoms with E-state index in [4.69, 9.17) is 10.00 Å². The smallest absolute Gasteiger partial charge is 0.262 e. The molecule has 0 aliphatic carbocycles. The molecule has 0 aliphatic rings. The molecule has 0 saturated carbocycles. The molecule has 4 rings (SSSR count). The number of fused-ring (bicyclic) bond motifs is 1. The Morgan fingerprint density at radius 2 is 1.84 bits per heavy atom. The average molecular weight is 451 g/mol. The molecular weight excluding hydrogens is 436 g/mol. The van der Waals surface area contributed by atoms with Gasteiger partial charge in [0.15, 0.2) is 5.82 Å². The van der Waals surface area contributed by atoms with Gasteiger partial charge >= 0.3 is 0 Å². The number of halogens is 2. The van der Waals surface area contributed by atoms with Crippen molar-refractivity contribution in [2.75, 3.05) is 4.72 Å². The molecule has 6 nitrogen and oxygen atoms in total. The Labute approximate surface area is 182 Å². The second-order valence-corrected chi connectivity index (χ2v) is 8.59. The SMILES string of the molecule is Cc1cc(Oc2ccc(NS(=O)(=O)c3cccc(C#N)c3)c(F)c2)c2cc(F)ccc2n1. The molecule has 0 fully saturated rings. The van der Waals surface area contributed by atoms with E-state index < -0.39 is 21.7 Å². The molecule has 1 N–H and O–H groups in total. The van der Waals surface area contributed by atoms with Crippen molar-refractivity contribution in [3.63, 3.8) is 0 Å². The number of aryl methyl sites for hydroxylation is 1. The van der Waals surface area contributed by atoms with E-state index in [0.717, 1.165) is 6.07 Å². The van der Waals surface area contributed by atoms with E-state index in [-0.39, 0.29) is 27.6 Å². The molecule has 9 heteroatoms. The summed E-state index contributed by atoms with van der Waals surface area (Å²) in [6.45, 7) is 1.75. The van der Waals surface area contributed by atoms with Crippen LogP contribution in [0.4, 0.5) is 14.5 Å². The summed E-state index contributed by atoms with van der Waals surface area (Å²) in [5, 5.41) is 9.36. The number of hydrogen-bond donors (Lipinski definition) is 1. The summed E-state index contributed by atoms with van der Waals surface area (Å²) < 4.78 is 61.4. The molecule has 0 saturated heterocycles. The third-order valence-corrected chi connectivity index (χ3v) is 5.91. The lowest BCUT2D eigenvalue weighted by Gasteiger charge is -2.13. The fourth-order valence-corrected chi connectivity index (χ4v) is 4.20. The fraction of sp³-hybridized carbons (Fsp3) is 0.0435. The maximum Gasteiger partial charge on any atom is 0.262 e. The van der Waals surface area contributed by atoms with E-state index in [2.05, 4.69) is 9.71 Å². The van der Waals surface area contributed by atoms with E-state index in [1.54, 1.807) is 13.0 Å². The number of nitrogens with zero attached hydrogens (tertiary/aromatic N) is 2. The molecule has 0 unspecified atom stereocenters. The maximum atomic E-state index is 14.7. The lowest BCUT2D eigenvalue weighted by molar-refractivity contribution is 0.481. The Bertz CT molecular complexity index is 1500. The molecule has 1 heterocycles. The summed E-state index contributed by atoms with van der Waals surface area (Å²) in [7, 11) is -4.11. The van der Waals surface area contributed by atoms with Crippen LogP contribution in [-0.4, -0.2) is 13.4 Å². The number of benzene rings is 3. The minimum absolute atomic E-state index is 0.0908. The summed E-state index contributed by atoms with van der Waals surface area (Å²) in [5.41, 5.74) is 1.02. The van der Waals surface area contributed by atoms with Gasteiger partial charge in [0.1, 0.15) is 17.3 Å². The number of nitrogens with one attached hydrogen (secondary N) is 1. The minimum atomic E-state index is -4.11. The summed E-state index contributed by atoms with van der Waals surface area (Å²) in [5.74, 6) is -0.964. The molecule has 0 spiro atoms. The van der Waals surface area contributed by atoms with E-state index in [0.29, 0.717) is 16.6 Å². The number of anilines is 1. The van der Waals surface area contributed by atoms with Crippen LogP contribution in [0.15, 0.2) is 71.6 Å². The van der Waals surface area contributed by atoms with Crippen LogP contribution in [0.2, 0.25) is 0 Å². The third kappa shape index (κ3) is 4.36. The average Bonchev–Trinajstić information content (AvgIpc) is 2.76. The quantitative estimate of drug-likeness (QED) is 0.445. The predicted molar refractivity (Wildman–Crippen MR) is 115 cm³/mol. The van der Waals surface area contributed by atoms with Gasteiger partial charge in [-0.1, -0.05) is 6.07 Å². The van der Waals surface area contributed by atoms with Crippen LogP contribution >= 0.6 is 0 Å².